The lowest BCUT2D eigenvalue weighted by molar-refractivity contribution is -0.137. The van der Waals surface area contributed by atoms with Crippen LogP contribution in [0.15, 0.2) is 12.1 Å². The van der Waals surface area contributed by atoms with Gasteiger partial charge in [0.05, 0.1) is 12.3 Å². The fourth-order valence-corrected chi connectivity index (χ4v) is 0.943. The Labute approximate surface area is 75.9 Å². The van der Waals surface area contributed by atoms with Gasteiger partial charge in [-0.2, -0.15) is 0 Å². The summed E-state index contributed by atoms with van der Waals surface area (Å²) in [7, 11) is 0. The molecule has 1 aromatic heterocycles. The maximum Gasteiger partial charge on any atom is 0.381 e. The second-order valence-corrected chi connectivity index (χ2v) is 2.60. The molecule has 0 spiro atoms. The number of carbonyl (C=O) groups is 2. The van der Waals surface area contributed by atoms with Gasteiger partial charge < -0.3 is 9.72 Å². The van der Waals surface area contributed by atoms with E-state index < -0.39 is 11.8 Å². The van der Waals surface area contributed by atoms with Crippen LogP contribution in [0.4, 0.5) is 0 Å². The van der Waals surface area contributed by atoms with Crippen LogP contribution in [0.5, 0.6) is 0 Å². The van der Waals surface area contributed by atoms with Crippen molar-refractivity contribution in [1.82, 2.24) is 4.98 Å². The molecule has 0 radical (unpaired) electrons. The molecule has 0 saturated carbocycles. The maximum absolute atomic E-state index is 11.2. The summed E-state index contributed by atoms with van der Waals surface area (Å²) < 4.78 is 4.56. The van der Waals surface area contributed by atoms with Crippen molar-refractivity contribution in [3.63, 3.8) is 0 Å². The number of aryl methyl sites for hydroxylation is 1. The molecule has 13 heavy (non-hydrogen) atoms. The topological polar surface area (TPSA) is 59.2 Å². The van der Waals surface area contributed by atoms with Crippen molar-refractivity contribution in [3.8, 4) is 0 Å². The van der Waals surface area contributed by atoms with Gasteiger partial charge in [0.2, 0.25) is 0 Å². The zero-order valence-corrected chi connectivity index (χ0v) is 7.59. The van der Waals surface area contributed by atoms with Crippen molar-refractivity contribution in [1.29, 1.82) is 0 Å². The zero-order valence-electron chi connectivity index (χ0n) is 7.59. The van der Waals surface area contributed by atoms with Crippen molar-refractivity contribution in [2.24, 2.45) is 0 Å². The zero-order chi connectivity index (χ0) is 9.84. The highest BCUT2D eigenvalue weighted by Crippen LogP contribution is 2.02. The number of aromatic amines is 1. The van der Waals surface area contributed by atoms with Crippen LogP contribution in [0, 0.1) is 6.92 Å². The second-order valence-electron chi connectivity index (χ2n) is 2.60. The number of carbonyl (C=O) groups excluding carboxylic acids is 2. The first-order valence-electron chi connectivity index (χ1n) is 4.02. The van der Waals surface area contributed by atoms with E-state index in [2.05, 4.69) is 9.72 Å². The first-order valence-corrected chi connectivity index (χ1v) is 4.02. The van der Waals surface area contributed by atoms with Gasteiger partial charge in [-0.1, -0.05) is 0 Å². The standard InChI is InChI=1S/C9H11NO3/c1-3-13-9(12)8(11)7-5-4-6(2)10-7/h4-5,10H,3H2,1-2H3. The highest BCUT2D eigenvalue weighted by molar-refractivity contribution is 6.40. The van der Waals surface area contributed by atoms with Crippen molar-refractivity contribution < 1.29 is 14.3 Å². The molecule has 70 valence electrons. The Hall–Kier alpha value is -1.58. The monoisotopic (exact) mass is 181 g/mol. The van der Waals surface area contributed by atoms with Gasteiger partial charge in [-0.25, -0.2) is 4.79 Å². The largest absolute Gasteiger partial charge is 0.460 e. The van der Waals surface area contributed by atoms with E-state index in [4.69, 9.17) is 0 Å². The third kappa shape index (κ3) is 2.18. The molecule has 0 fully saturated rings. The van der Waals surface area contributed by atoms with Gasteiger partial charge in [0.1, 0.15) is 0 Å². The normalized spacial score (nSPS) is 9.69. The lowest BCUT2D eigenvalue weighted by Crippen LogP contribution is -2.17. The van der Waals surface area contributed by atoms with E-state index in [1.807, 2.05) is 6.92 Å². The minimum atomic E-state index is -0.815. The van der Waals surface area contributed by atoms with Crippen LogP contribution >= 0.6 is 0 Å². The van der Waals surface area contributed by atoms with Crippen molar-refractivity contribution in [2.45, 2.75) is 13.8 Å². The highest BCUT2D eigenvalue weighted by Gasteiger charge is 2.18. The number of hydrogen-bond donors (Lipinski definition) is 1. The van der Waals surface area contributed by atoms with Crippen molar-refractivity contribution >= 4 is 11.8 Å². The number of esters is 1. The smallest absolute Gasteiger partial charge is 0.381 e. The van der Waals surface area contributed by atoms with E-state index in [1.165, 1.54) is 0 Å². The summed E-state index contributed by atoms with van der Waals surface area (Å²) in [6, 6.07) is 3.29. The Morgan fingerprint density at radius 2 is 2.15 bits per heavy atom. The third-order valence-corrected chi connectivity index (χ3v) is 1.54. The van der Waals surface area contributed by atoms with Gasteiger partial charge in [0, 0.05) is 5.69 Å². The molecule has 4 heteroatoms. The van der Waals surface area contributed by atoms with Gasteiger partial charge in [-0.15, -0.1) is 0 Å². The molecule has 1 heterocycles. The number of nitrogens with one attached hydrogen (secondary N) is 1. The first-order chi connectivity index (χ1) is 6.15. The average molecular weight is 181 g/mol. The summed E-state index contributed by atoms with van der Waals surface area (Å²) >= 11 is 0. The summed E-state index contributed by atoms with van der Waals surface area (Å²) in [5, 5.41) is 0. The molecule has 0 aliphatic heterocycles. The Bertz CT molecular complexity index is 327. The van der Waals surface area contributed by atoms with Crippen LogP contribution in [-0.2, 0) is 9.53 Å². The second kappa shape index (κ2) is 3.89. The minimum absolute atomic E-state index is 0.213. The Morgan fingerprint density at radius 3 is 2.62 bits per heavy atom. The van der Waals surface area contributed by atoms with E-state index >= 15 is 0 Å². The molecular formula is C9H11NO3. The van der Waals surface area contributed by atoms with E-state index in [-0.39, 0.29) is 12.3 Å². The number of H-pyrrole nitrogens is 1. The number of Topliss-reactive ketones (excluding diaryl/α,β-unsaturated/α-hetero) is 1. The number of hydrogen-bond acceptors (Lipinski definition) is 3. The Morgan fingerprint density at radius 1 is 1.46 bits per heavy atom. The Kier molecular flexibility index (Phi) is 2.84. The quantitative estimate of drug-likeness (QED) is 0.431. The molecule has 0 atom stereocenters. The number of rotatable bonds is 3. The molecule has 0 amide bonds. The van der Waals surface area contributed by atoms with E-state index in [0.29, 0.717) is 0 Å². The molecule has 0 unspecified atom stereocenters. The van der Waals surface area contributed by atoms with Crippen molar-refractivity contribution in [3.05, 3.63) is 23.5 Å². The van der Waals surface area contributed by atoms with Crippen LogP contribution in [-0.4, -0.2) is 23.3 Å². The fraction of sp³-hybridized carbons (Fsp3) is 0.333. The van der Waals surface area contributed by atoms with Crippen LogP contribution in [0.25, 0.3) is 0 Å². The van der Waals surface area contributed by atoms with Crippen LogP contribution in [0.1, 0.15) is 23.1 Å². The van der Waals surface area contributed by atoms with Gasteiger partial charge in [-0.3, -0.25) is 4.79 Å². The van der Waals surface area contributed by atoms with Gasteiger partial charge >= 0.3 is 5.97 Å². The van der Waals surface area contributed by atoms with Gasteiger partial charge in [0.15, 0.2) is 0 Å². The molecule has 0 saturated heterocycles. The SMILES string of the molecule is CCOC(=O)C(=O)c1ccc(C)[nH]1. The van der Waals surface area contributed by atoms with Crippen molar-refractivity contribution in [2.75, 3.05) is 6.61 Å². The van der Waals surface area contributed by atoms with E-state index in [1.54, 1.807) is 19.1 Å². The average Bonchev–Trinajstić information content (AvgIpc) is 2.51. The van der Waals surface area contributed by atoms with Crippen LogP contribution in [0.3, 0.4) is 0 Å². The van der Waals surface area contributed by atoms with E-state index in [0.717, 1.165) is 5.69 Å². The minimum Gasteiger partial charge on any atom is -0.460 e. The summed E-state index contributed by atoms with van der Waals surface area (Å²) in [6.45, 7) is 3.68. The molecule has 0 aliphatic carbocycles. The molecule has 1 rings (SSSR count). The molecule has 0 aliphatic rings. The Balaban J connectivity index is 2.73. The fourth-order valence-electron chi connectivity index (χ4n) is 0.943. The summed E-state index contributed by atoms with van der Waals surface area (Å²) in [6.07, 6.45) is 0. The lowest BCUT2D eigenvalue weighted by Gasteiger charge is -1.97. The number of ketones is 1. The highest BCUT2D eigenvalue weighted by atomic mass is 16.5. The van der Waals surface area contributed by atoms with Crippen LogP contribution < -0.4 is 0 Å². The molecule has 1 N–H and O–H groups in total. The predicted octanol–water partition coefficient (Wildman–Crippen LogP) is 1.07. The van der Waals surface area contributed by atoms with Gasteiger partial charge in [0.25, 0.3) is 5.78 Å². The summed E-state index contributed by atoms with van der Waals surface area (Å²) in [5.41, 5.74) is 1.11. The lowest BCUT2D eigenvalue weighted by atomic mass is 10.3. The molecule has 4 nitrogen and oxygen atoms in total. The predicted molar refractivity (Wildman–Crippen MR) is 46.5 cm³/mol. The van der Waals surface area contributed by atoms with Gasteiger partial charge in [-0.05, 0) is 26.0 Å². The van der Waals surface area contributed by atoms with E-state index in [9.17, 15) is 9.59 Å². The maximum atomic E-state index is 11.2. The summed E-state index contributed by atoms with van der Waals surface area (Å²) in [4.78, 5) is 25.0. The molecule has 0 bridgehead atoms. The molecule has 1 aromatic rings. The van der Waals surface area contributed by atoms with Crippen LogP contribution in [0.2, 0.25) is 0 Å². The first kappa shape index (κ1) is 9.51. The molecule has 0 aromatic carbocycles. The third-order valence-electron chi connectivity index (χ3n) is 1.54. The number of aromatic nitrogens is 1. The summed E-state index contributed by atoms with van der Waals surface area (Å²) in [5.74, 6) is -1.45. The molecular weight excluding hydrogens is 170 g/mol. The number of ether oxygens (including phenoxy) is 1.